The van der Waals surface area contributed by atoms with Crippen molar-refractivity contribution < 1.29 is 47.9 Å². The molecule has 12 nitrogen and oxygen atoms in total. The summed E-state index contributed by atoms with van der Waals surface area (Å²) in [6, 6.07) is -3.55. The van der Waals surface area contributed by atoms with E-state index in [1.165, 1.54) is 33.3 Å². The fourth-order valence-corrected chi connectivity index (χ4v) is 7.24. The summed E-state index contributed by atoms with van der Waals surface area (Å²) in [5, 5.41) is 11.6. The third kappa shape index (κ3) is 4.47. The van der Waals surface area contributed by atoms with Crippen LogP contribution in [-0.2, 0) is 20.7 Å². The summed E-state index contributed by atoms with van der Waals surface area (Å²) in [6.07, 6.45) is 0.268. The topological polar surface area (TPSA) is 133 Å². The number of benzene rings is 2. The molecule has 2 aromatic carbocycles. The quantitative estimate of drug-likeness (QED) is 0.451. The first-order chi connectivity index (χ1) is 21.2. The maximum Gasteiger partial charge on any atom is 0.311 e. The van der Waals surface area contributed by atoms with E-state index in [2.05, 4.69) is 0 Å². The fourth-order valence-electron chi connectivity index (χ4n) is 7.24. The second kappa shape index (κ2) is 11.3. The Kier molecular flexibility index (Phi) is 8.10. The lowest BCUT2D eigenvalue weighted by molar-refractivity contribution is -0.163. The number of aromatic hydroxyl groups is 1. The highest BCUT2D eigenvalue weighted by molar-refractivity contribution is 6.10. The minimum atomic E-state index is -1.14. The maximum absolute atomic E-state index is 14.8. The second-order valence-electron chi connectivity index (χ2n) is 12.7. The van der Waals surface area contributed by atoms with Gasteiger partial charge in [0.05, 0.1) is 64.7 Å². The van der Waals surface area contributed by atoms with Crippen LogP contribution in [0.1, 0.15) is 71.0 Å². The molecule has 45 heavy (non-hydrogen) atoms. The summed E-state index contributed by atoms with van der Waals surface area (Å²) in [6.45, 7) is 8.38. The molecule has 1 fully saturated rings. The van der Waals surface area contributed by atoms with Gasteiger partial charge in [-0.25, -0.2) is 0 Å². The average Bonchev–Trinajstić information content (AvgIpc) is 2.99. The highest BCUT2D eigenvalue weighted by atomic mass is 16.5. The number of hydrogen-bond donors (Lipinski definition) is 1. The van der Waals surface area contributed by atoms with Crippen LogP contribution in [0.25, 0.3) is 0 Å². The van der Waals surface area contributed by atoms with Gasteiger partial charge < -0.3 is 38.4 Å². The SMILES string of the molecule is COc1c(C)c(OC)c(OC)c2c1CC1C(=O)N3C(C(=O)c4c(O)c(C)c(OC)c(OC)c4[C@@H]3COC(=O)C(C)(C)C)C2N1C. The van der Waals surface area contributed by atoms with Gasteiger partial charge in [0.25, 0.3) is 0 Å². The first-order valence-electron chi connectivity index (χ1n) is 14.8. The number of Topliss-reactive ketones (excluding diaryl/α,β-unsaturated/α-hetero) is 1. The van der Waals surface area contributed by atoms with Gasteiger partial charge >= 0.3 is 5.97 Å². The van der Waals surface area contributed by atoms with E-state index < -0.39 is 41.3 Å². The van der Waals surface area contributed by atoms with Crippen LogP contribution >= 0.6 is 0 Å². The van der Waals surface area contributed by atoms with E-state index in [0.29, 0.717) is 33.9 Å². The number of nitrogens with zero attached hydrogens (tertiary/aromatic N) is 2. The molecule has 5 rings (SSSR count). The zero-order valence-electron chi connectivity index (χ0n) is 27.7. The third-order valence-corrected chi connectivity index (χ3v) is 9.34. The number of methoxy groups -OCH3 is 5. The van der Waals surface area contributed by atoms with Crippen LogP contribution in [-0.4, -0.2) is 93.9 Å². The van der Waals surface area contributed by atoms with E-state index in [1.54, 1.807) is 41.9 Å². The Morgan fingerprint density at radius 3 is 1.89 bits per heavy atom. The Bertz CT molecular complexity index is 1590. The number of amides is 1. The lowest BCUT2D eigenvalue weighted by atomic mass is 9.72. The van der Waals surface area contributed by atoms with Gasteiger partial charge in [-0.2, -0.15) is 0 Å². The minimum Gasteiger partial charge on any atom is -0.507 e. The Morgan fingerprint density at radius 1 is 0.822 bits per heavy atom. The number of ether oxygens (including phenoxy) is 6. The summed E-state index contributed by atoms with van der Waals surface area (Å²) in [5.74, 6) is 0.211. The zero-order chi connectivity index (χ0) is 33.3. The Morgan fingerprint density at radius 2 is 1.36 bits per heavy atom. The summed E-state index contributed by atoms with van der Waals surface area (Å²) in [4.78, 5) is 45.9. The van der Waals surface area contributed by atoms with Crippen LogP contribution < -0.4 is 23.7 Å². The number of carbonyl (C=O) groups is 3. The lowest BCUT2D eigenvalue weighted by Gasteiger charge is -2.56. The first-order valence-corrected chi connectivity index (χ1v) is 14.8. The molecule has 244 valence electrons. The van der Waals surface area contributed by atoms with E-state index >= 15 is 0 Å². The molecule has 4 atom stereocenters. The zero-order valence-corrected chi connectivity index (χ0v) is 27.7. The van der Waals surface area contributed by atoms with Crippen molar-refractivity contribution in [2.75, 3.05) is 49.2 Å². The molecular weight excluding hydrogens is 584 g/mol. The monoisotopic (exact) mass is 626 g/mol. The van der Waals surface area contributed by atoms with Crippen molar-refractivity contribution in [2.45, 2.75) is 65.2 Å². The normalized spacial score (nSPS) is 22.2. The molecule has 2 bridgehead atoms. The number of ketones is 1. The molecule has 1 amide bonds. The molecule has 3 aliphatic rings. The summed E-state index contributed by atoms with van der Waals surface area (Å²) in [7, 11) is 9.26. The van der Waals surface area contributed by atoms with Gasteiger partial charge in [0.2, 0.25) is 5.91 Å². The summed E-state index contributed by atoms with van der Waals surface area (Å²) >= 11 is 0. The number of rotatable bonds is 7. The van der Waals surface area contributed by atoms with Gasteiger partial charge in [-0.15, -0.1) is 0 Å². The molecule has 0 aromatic heterocycles. The van der Waals surface area contributed by atoms with Gasteiger partial charge in [0.15, 0.2) is 28.8 Å². The first kappa shape index (κ1) is 32.2. The predicted molar refractivity (Wildman–Crippen MR) is 163 cm³/mol. The smallest absolute Gasteiger partial charge is 0.311 e. The molecule has 0 spiro atoms. The number of hydrogen-bond acceptors (Lipinski definition) is 11. The van der Waals surface area contributed by atoms with Crippen LogP contribution in [0, 0.1) is 19.3 Å². The van der Waals surface area contributed by atoms with Crippen LogP contribution in [0.5, 0.6) is 34.5 Å². The van der Waals surface area contributed by atoms with Crippen molar-refractivity contribution in [3.8, 4) is 34.5 Å². The van der Waals surface area contributed by atoms with Gasteiger partial charge in [0.1, 0.15) is 24.1 Å². The molecule has 0 aliphatic carbocycles. The molecule has 0 saturated carbocycles. The van der Waals surface area contributed by atoms with Crippen molar-refractivity contribution in [1.29, 1.82) is 0 Å². The van der Waals surface area contributed by atoms with Gasteiger partial charge in [-0.05, 0) is 41.7 Å². The molecule has 1 N–H and O–H groups in total. The van der Waals surface area contributed by atoms with Gasteiger partial charge in [-0.1, -0.05) is 0 Å². The fraction of sp³-hybridized carbons (Fsp3) is 0.545. The number of piperazine rings is 1. The lowest BCUT2D eigenvalue weighted by Crippen LogP contribution is -2.68. The third-order valence-electron chi connectivity index (χ3n) is 9.34. The van der Waals surface area contributed by atoms with Crippen LogP contribution in [0.15, 0.2) is 0 Å². The Hall–Kier alpha value is -4.19. The van der Waals surface area contributed by atoms with Crippen LogP contribution in [0.3, 0.4) is 0 Å². The number of fused-ring (bicyclic) bond motifs is 7. The molecule has 1 saturated heterocycles. The molecule has 3 heterocycles. The van der Waals surface area contributed by atoms with Crippen molar-refractivity contribution in [2.24, 2.45) is 5.41 Å². The highest BCUT2D eigenvalue weighted by Gasteiger charge is 2.60. The van der Waals surface area contributed by atoms with Crippen molar-refractivity contribution in [3.05, 3.63) is 33.4 Å². The second-order valence-corrected chi connectivity index (χ2v) is 12.7. The van der Waals surface area contributed by atoms with Crippen molar-refractivity contribution in [1.82, 2.24) is 9.80 Å². The maximum atomic E-state index is 14.8. The minimum absolute atomic E-state index is 0.0139. The van der Waals surface area contributed by atoms with Gasteiger partial charge in [-0.3, -0.25) is 19.3 Å². The highest BCUT2D eigenvalue weighted by Crippen LogP contribution is 2.58. The van der Waals surface area contributed by atoms with E-state index in [-0.39, 0.29) is 47.3 Å². The number of carbonyl (C=O) groups excluding carboxylic acids is 3. The number of esters is 1. The number of phenols is 1. The van der Waals surface area contributed by atoms with Crippen LogP contribution in [0.2, 0.25) is 0 Å². The summed E-state index contributed by atoms with van der Waals surface area (Å²) in [5.41, 5.74) is 1.79. The molecule has 3 unspecified atom stereocenters. The number of likely N-dealkylation sites (N-methyl/N-ethyl adjacent to an activating group) is 1. The van der Waals surface area contributed by atoms with Gasteiger partial charge in [0, 0.05) is 34.2 Å². The molecule has 3 aliphatic heterocycles. The van der Waals surface area contributed by atoms with E-state index in [1.807, 2.05) is 11.8 Å². The van der Waals surface area contributed by atoms with E-state index in [0.717, 1.165) is 5.56 Å². The average molecular weight is 627 g/mol. The van der Waals surface area contributed by atoms with Crippen molar-refractivity contribution in [3.63, 3.8) is 0 Å². The molecule has 12 heteroatoms. The largest absolute Gasteiger partial charge is 0.507 e. The van der Waals surface area contributed by atoms with E-state index in [4.69, 9.17) is 28.4 Å². The Balaban J connectivity index is 1.84. The molecule has 0 radical (unpaired) electrons. The molecule has 2 aromatic rings. The number of phenolic OH excluding ortho intramolecular Hbond substituents is 1. The Labute approximate surface area is 263 Å². The standard InChI is InChI=1S/C33H42N2O10/c1-14-24(36)21-20(30(44-11)27(14)41-8)18(13-45-32(39)33(3,4)5)35-23(25(21)37)22-19-16(12-17(31(35)38)34(22)6)26(40-7)15(2)28(42-9)29(19)43-10/h17-18,22-23,36H,12-13H2,1-11H3/t17?,18-,22?,23?/m0/s1. The van der Waals surface area contributed by atoms with E-state index in [9.17, 15) is 19.5 Å². The van der Waals surface area contributed by atoms with Crippen molar-refractivity contribution >= 4 is 17.7 Å². The summed E-state index contributed by atoms with van der Waals surface area (Å²) < 4.78 is 34.8. The predicted octanol–water partition coefficient (Wildman–Crippen LogP) is 3.69. The molecular formula is C33H42N2O10. The van der Waals surface area contributed by atoms with Crippen LogP contribution in [0.4, 0.5) is 0 Å².